The summed E-state index contributed by atoms with van der Waals surface area (Å²) in [4.78, 5) is 4.65. The third-order valence-electron chi connectivity index (χ3n) is 6.52. The highest BCUT2D eigenvalue weighted by Crippen LogP contribution is 2.40. The van der Waals surface area contributed by atoms with E-state index in [1.807, 2.05) is 23.6 Å². The molecule has 5 aromatic carbocycles. The van der Waals surface area contributed by atoms with Crippen molar-refractivity contribution in [1.82, 2.24) is 4.98 Å². The summed E-state index contributed by atoms with van der Waals surface area (Å²) in [5.74, 6) is 0. The van der Waals surface area contributed by atoms with E-state index in [0.717, 1.165) is 5.52 Å². The van der Waals surface area contributed by atoms with Gasteiger partial charge in [-0.15, -0.1) is 11.3 Å². The minimum absolute atomic E-state index is 1.06. The van der Waals surface area contributed by atoms with Gasteiger partial charge >= 0.3 is 0 Å². The SMILES string of the molecule is c1cnc2c(c1)ccc1ccc(-c3ccc(-c4cccc5sc6ccccc6c45)cc3)cc12. The summed E-state index contributed by atoms with van der Waals surface area (Å²) in [6.45, 7) is 0. The number of thiophene rings is 1. The molecular weight excluding hydrogens is 418 g/mol. The van der Waals surface area contributed by atoms with Crippen LogP contribution in [0.4, 0.5) is 0 Å². The van der Waals surface area contributed by atoms with Crippen LogP contribution in [0, 0.1) is 0 Å². The first kappa shape index (κ1) is 18.6. The van der Waals surface area contributed by atoms with E-state index in [4.69, 9.17) is 0 Å². The van der Waals surface area contributed by atoms with Crippen molar-refractivity contribution >= 4 is 53.2 Å². The quantitative estimate of drug-likeness (QED) is 0.246. The van der Waals surface area contributed by atoms with Crippen LogP contribution < -0.4 is 0 Å². The molecule has 0 spiro atoms. The molecule has 0 unspecified atom stereocenters. The summed E-state index contributed by atoms with van der Waals surface area (Å²) in [7, 11) is 0. The summed E-state index contributed by atoms with van der Waals surface area (Å²) in [5.41, 5.74) is 6.04. The van der Waals surface area contributed by atoms with Gasteiger partial charge in [-0.05, 0) is 51.9 Å². The van der Waals surface area contributed by atoms with Crippen LogP contribution in [0.5, 0.6) is 0 Å². The van der Waals surface area contributed by atoms with Crippen LogP contribution in [0.1, 0.15) is 0 Å². The van der Waals surface area contributed by atoms with Crippen LogP contribution in [0.3, 0.4) is 0 Å². The molecule has 0 radical (unpaired) electrons. The van der Waals surface area contributed by atoms with Gasteiger partial charge in [-0.25, -0.2) is 0 Å². The van der Waals surface area contributed by atoms with Crippen molar-refractivity contribution in [2.75, 3.05) is 0 Å². The number of aromatic nitrogens is 1. The Labute approximate surface area is 195 Å². The molecule has 0 fully saturated rings. The average molecular weight is 438 g/mol. The highest BCUT2D eigenvalue weighted by atomic mass is 32.1. The van der Waals surface area contributed by atoms with Crippen molar-refractivity contribution in [2.24, 2.45) is 0 Å². The normalized spacial score (nSPS) is 11.6. The number of nitrogens with zero attached hydrogens (tertiary/aromatic N) is 1. The Bertz CT molecular complexity index is 1810. The molecular formula is C31H19NS. The second kappa shape index (κ2) is 7.26. The molecule has 0 aliphatic carbocycles. The number of pyridine rings is 1. The molecule has 0 saturated carbocycles. The zero-order valence-electron chi connectivity index (χ0n) is 17.8. The van der Waals surface area contributed by atoms with E-state index in [-0.39, 0.29) is 0 Å². The predicted octanol–water partition coefficient (Wildman–Crippen LogP) is 9.09. The first-order chi connectivity index (χ1) is 16.3. The van der Waals surface area contributed by atoms with Gasteiger partial charge in [0.25, 0.3) is 0 Å². The zero-order valence-corrected chi connectivity index (χ0v) is 18.6. The van der Waals surface area contributed by atoms with Crippen molar-refractivity contribution < 1.29 is 0 Å². The maximum atomic E-state index is 4.65. The van der Waals surface area contributed by atoms with Crippen LogP contribution >= 0.6 is 11.3 Å². The van der Waals surface area contributed by atoms with Crippen molar-refractivity contribution in [3.05, 3.63) is 115 Å². The molecule has 0 N–H and O–H groups in total. The molecule has 0 bridgehead atoms. The Morgan fingerprint density at radius 3 is 2.21 bits per heavy atom. The molecule has 2 heteroatoms. The van der Waals surface area contributed by atoms with Crippen LogP contribution in [-0.4, -0.2) is 4.98 Å². The van der Waals surface area contributed by atoms with E-state index in [2.05, 4.69) is 108 Å². The van der Waals surface area contributed by atoms with Gasteiger partial charge in [-0.2, -0.15) is 0 Å². The van der Waals surface area contributed by atoms with E-state index in [0.29, 0.717) is 0 Å². The number of fused-ring (bicyclic) bond motifs is 6. The van der Waals surface area contributed by atoms with Crippen LogP contribution in [0.15, 0.2) is 115 Å². The van der Waals surface area contributed by atoms with Crippen molar-refractivity contribution in [2.45, 2.75) is 0 Å². The molecule has 1 nitrogen and oxygen atoms in total. The van der Waals surface area contributed by atoms with Gasteiger partial charge in [0.15, 0.2) is 0 Å². The Morgan fingerprint density at radius 1 is 0.515 bits per heavy atom. The van der Waals surface area contributed by atoms with E-state index in [1.165, 1.54) is 58.6 Å². The predicted molar refractivity (Wildman–Crippen MR) is 143 cm³/mol. The highest BCUT2D eigenvalue weighted by molar-refractivity contribution is 7.25. The Kier molecular flexibility index (Phi) is 4.08. The lowest BCUT2D eigenvalue weighted by Crippen LogP contribution is -1.84. The smallest absolute Gasteiger partial charge is 0.0780 e. The van der Waals surface area contributed by atoms with Crippen LogP contribution in [0.2, 0.25) is 0 Å². The first-order valence-electron chi connectivity index (χ1n) is 11.1. The Hall–Kier alpha value is -4.01. The van der Waals surface area contributed by atoms with Crippen LogP contribution in [-0.2, 0) is 0 Å². The van der Waals surface area contributed by atoms with Crippen LogP contribution in [0.25, 0.3) is 64.1 Å². The fraction of sp³-hybridized carbons (Fsp3) is 0. The Balaban J connectivity index is 1.36. The van der Waals surface area contributed by atoms with Gasteiger partial charge in [-0.1, -0.05) is 84.9 Å². The van der Waals surface area contributed by atoms with Crippen molar-refractivity contribution in [3.63, 3.8) is 0 Å². The summed E-state index contributed by atoms with van der Waals surface area (Å²) >= 11 is 1.87. The lowest BCUT2D eigenvalue weighted by molar-refractivity contribution is 1.43. The fourth-order valence-electron chi connectivity index (χ4n) is 4.90. The number of hydrogen-bond acceptors (Lipinski definition) is 2. The van der Waals surface area contributed by atoms with Gasteiger partial charge < -0.3 is 0 Å². The van der Waals surface area contributed by atoms with Gasteiger partial charge in [0, 0.05) is 37.1 Å². The zero-order chi connectivity index (χ0) is 21.8. The van der Waals surface area contributed by atoms with E-state index in [1.54, 1.807) is 0 Å². The topological polar surface area (TPSA) is 12.9 Å². The van der Waals surface area contributed by atoms with Crippen molar-refractivity contribution in [3.8, 4) is 22.3 Å². The van der Waals surface area contributed by atoms with Gasteiger partial charge in [0.2, 0.25) is 0 Å². The van der Waals surface area contributed by atoms with Gasteiger partial charge in [-0.3, -0.25) is 4.98 Å². The molecule has 7 rings (SSSR count). The summed E-state index contributed by atoms with van der Waals surface area (Å²) in [6, 6.07) is 39.4. The largest absolute Gasteiger partial charge is 0.256 e. The highest BCUT2D eigenvalue weighted by Gasteiger charge is 2.11. The minimum Gasteiger partial charge on any atom is -0.256 e. The minimum atomic E-state index is 1.06. The molecule has 0 amide bonds. The molecule has 2 aromatic heterocycles. The molecule has 0 aliphatic heterocycles. The maximum Gasteiger partial charge on any atom is 0.0780 e. The molecule has 154 valence electrons. The maximum absolute atomic E-state index is 4.65. The van der Waals surface area contributed by atoms with Crippen molar-refractivity contribution in [1.29, 1.82) is 0 Å². The Morgan fingerprint density at radius 2 is 1.27 bits per heavy atom. The fourth-order valence-corrected chi connectivity index (χ4v) is 6.03. The molecule has 0 atom stereocenters. The molecule has 33 heavy (non-hydrogen) atoms. The number of benzene rings is 5. The van der Waals surface area contributed by atoms with Gasteiger partial charge in [0.1, 0.15) is 0 Å². The third-order valence-corrected chi connectivity index (χ3v) is 7.66. The van der Waals surface area contributed by atoms with Gasteiger partial charge in [0.05, 0.1) is 5.52 Å². The summed E-state index contributed by atoms with van der Waals surface area (Å²) in [5, 5.41) is 6.29. The number of hydrogen-bond donors (Lipinski definition) is 0. The second-order valence-electron chi connectivity index (χ2n) is 8.43. The molecule has 2 heterocycles. The standard InChI is InChI=1S/C31H19NS/c1-2-8-28-26(6-1)30-25(7-3-9-29(30)33-28)21-12-10-20(11-13-21)24-17-15-22-14-16-23-5-4-18-32-31(23)27(22)19-24/h1-19H. The van der Waals surface area contributed by atoms with E-state index < -0.39 is 0 Å². The monoisotopic (exact) mass is 437 g/mol. The second-order valence-corrected chi connectivity index (χ2v) is 9.51. The third kappa shape index (κ3) is 2.95. The molecule has 7 aromatic rings. The van der Waals surface area contributed by atoms with E-state index >= 15 is 0 Å². The lowest BCUT2D eigenvalue weighted by Gasteiger charge is -2.09. The van der Waals surface area contributed by atoms with E-state index in [9.17, 15) is 0 Å². The molecule has 0 saturated heterocycles. The summed E-state index contributed by atoms with van der Waals surface area (Å²) in [6.07, 6.45) is 1.87. The molecule has 0 aliphatic rings. The number of rotatable bonds is 2. The lowest BCUT2D eigenvalue weighted by atomic mass is 9.95. The summed E-state index contributed by atoms with van der Waals surface area (Å²) < 4.78 is 2.68. The first-order valence-corrected chi connectivity index (χ1v) is 12.0. The average Bonchev–Trinajstić information content (AvgIpc) is 3.27.